The van der Waals surface area contributed by atoms with Crippen molar-refractivity contribution in [3.8, 4) is 17.2 Å². The standard InChI is InChI=1S/C20H11NO6S.Na/c22-17-12-7-3-2-6-11(12)16-20(18(17)23)27-19-13-8-4-1-5-10(13)15(28(24,25)26)9-14(19)21-16;/h1-9,23H,(H,24,25,26);/q;+1/p-1. The van der Waals surface area contributed by atoms with E-state index in [4.69, 9.17) is 4.42 Å². The van der Waals surface area contributed by atoms with Crippen molar-refractivity contribution in [2.45, 2.75) is 4.90 Å². The van der Waals surface area contributed by atoms with Crippen molar-refractivity contribution in [3.63, 3.8) is 0 Å². The van der Waals surface area contributed by atoms with Gasteiger partial charge in [-0.05, 0) is 11.8 Å². The van der Waals surface area contributed by atoms with Crippen molar-refractivity contribution >= 4 is 42.8 Å². The van der Waals surface area contributed by atoms with Gasteiger partial charge in [0, 0.05) is 21.5 Å². The minimum absolute atomic E-state index is 0. The normalized spacial score (nSPS) is 11.9. The molecule has 1 aliphatic carbocycles. The second-order valence-corrected chi connectivity index (χ2v) is 7.73. The summed E-state index contributed by atoms with van der Waals surface area (Å²) >= 11 is 0. The Balaban J connectivity index is 0.00000205. The molecule has 9 heteroatoms. The van der Waals surface area contributed by atoms with Crippen molar-refractivity contribution in [2.24, 2.45) is 0 Å². The molecule has 0 atom stereocenters. The average Bonchev–Trinajstić information content (AvgIpc) is 2.69. The summed E-state index contributed by atoms with van der Waals surface area (Å²) in [6.07, 6.45) is 0. The quantitative estimate of drug-likeness (QED) is 0.176. The largest absolute Gasteiger partial charge is 1.00 e. The zero-order valence-corrected chi connectivity index (χ0v) is 17.9. The summed E-state index contributed by atoms with van der Waals surface area (Å²) in [7, 11) is -4.52. The van der Waals surface area contributed by atoms with Crippen LogP contribution in [0.5, 0.6) is 5.75 Å². The Bertz CT molecular complexity index is 1580. The predicted octanol–water partition coefficient (Wildman–Crippen LogP) is -0.0765. The van der Waals surface area contributed by atoms with Gasteiger partial charge in [-0.3, -0.25) is 9.35 Å². The predicted molar refractivity (Wildman–Crippen MR) is 101 cm³/mol. The van der Waals surface area contributed by atoms with E-state index in [1.54, 1.807) is 36.4 Å². The van der Waals surface area contributed by atoms with Gasteiger partial charge in [0.1, 0.15) is 21.9 Å². The summed E-state index contributed by atoms with van der Waals surface area (Å²) in [5.74, 6) is -1.01. The number of hydrogen-bond donors (Lipinski definition) is 1. The molecule has 7 nitrogen and oxygen atoms in total. The molecule has 3 aromatic rings. The maximum atomic E-state index is 12.6. The topological polar surface area (TPSA) is 121 Å². The molecule has 0 aromatic heterocycles. The molecule has 0 amide bonds. The molecular formula is C20H10NNaO6S. The van der Waals surface area contributed by atoms with Crippen LogP contribution >= 0.6 is 0 Å². The Kier molecular flexibility index (Phi) is 4.64. The van der Waals surface area contributed by atoms with Crippen molar-refractivity contribution in [1.29, 1.82) is 0 Å². The van der Waals surface area contributed by atoms with Crippen LogP contribution in [0.15, 0.2) is 68.7 Å². The van der Waals surface area contributed by atoms with Crippen LogP contribution in [0, 0.1) is 0 Å². The fraction of sp³-hybridized carbons (Fsp3) is 0. The monoisotopic (exact) mass is 415 g/mol. The third-order valence-corrected chi connectivity index (χ3v) is 5.60. The van der Waals surface area contributed by atoms with Crippen LogP contribution in [0.2, 0.25) is 0 Å². The first-order valence-corrected chi connectivity index (χ1v) is 9.66. The molecule has 0 saturated carbocycles. The van der Waals surface area contributed by atoms with Crippen LogP contribution in [-0.2, 0) is 10.1 Å². The van der Waals surface area contributed by atoms with Gasteiger partial charge in [0.2, 0.25) is 0 Å². The molecule has 138 valence electrons. The van der Waals surface area contributed by atoms with E-state index < -0.39 is 21.3 Å². The fourth-order valence-electron chi connectivity index (χ4n) is 3.48. The second-order valence-electron chi connectivity index (χ2n) is 6.34. The number of nitrogens with zero attached hydrogens (tertiary/aromatic N) is 1. The molecule has 1 N–H and O–H groups in total. The minimum Gasteiger partial charge on any atom is -0.867 e. The first kappa shape index (κ1) is 19.8. The Hall–Kier alpha value is -2.49. The number of aromatic nitrogens is 1. The molecule has 0 fully saturated rings. The summed E-state index contributed by atoms with van der Waals surface area (Å²) < 4.78 is 39.2. The van der Waals surface area contributed by atoms with Crippen LogP contribution in [0.3, 0.4) is 0 Å². The van der Waals surface area contributed by atoms with Crippen LogP contribution in [0.1, 0.15) is 0 Å². The summed E-state index contributed by atoms with van der Waals surface area (Å²) in [4.78, 5) is 16.5. The van der Waals surface area contributed by atoms with Crippen molar-refractivity contribution in [1.82, 2.24) is 4.98 Å². The van der Waals surface area contributed by atoms with E-state index in [2.05, 4.69) is 4.98 Å². The van der Waals surface area contributed by atoms with Crippen LogP contribution in [-0.4, -0.2) is 18.0 Å². The molecule has 1 heterocycles. The van der Waals surface area contributed by atoms with Gasteiger partial charge in [-0.15, -0.1) is 0 Å². The average molecular weight is 415 g/mol. The first-order valence-electron chi connectivity index (χ1n) is 8.22. The molecule has 0 unspecified atom stereocenters. The van der Waals surface area contributed by atoms with E-state index in [0.29, 0.717) is 10.8 Å². The maximum Gasteiger partial charge on any atom is 1.00 e. The summed E-state index contributed by atoms with van der Waals surface area (Å²) in [5, 5.41) is 13.8. The summed E-state index contributed by atoms with van der Waals surface area (Å²) in [6.45, 7) is 0. The van der Waals surface area contributed by atoms with Crippen molar-refractivity contribution in [2.75, 3.05) is 0 Å². The van der Waals surface area contributed by atoms with Gasteiger partial charge in [0.25, 0.3) is 10.1 Å². The number of rotatable bonds is 1. The molecule has 0 bridgehead atoms. The third kappa shape index (κ3) is 2.92. The van der Waals surface area contributed by atoms with E-state index in [-0.39, 0.29) is 67.8 Å². The van der Waals surface area contributed by atoms with E-state index in [0.717, 1.165) is 0 Å². The maximum absolute atomic E-state index is 12.6. The summed E-state index contributed by atoms with van der Waals surface area (Å²) in [6, 6.07) is 14.1. The van der Waals surface area contributed by atoms with E-state index in [9.17, 15) is 22.9 Å². The molecule has 2 aliphatic rings. The van der Waals surface area contributed by atoms with E-state index in [1.165, 1.54) is 18.2 Å². The Morgan fingerprint density at radius 2 is 1.52 bits per heavy atom. The molecular weight excluding hydrogens is 405 g/mol. The fourth-order valence-corrected chi connectivity index (χ4v) is 4.19. The minimum atomic E-state index is -4.52. The molecule has 3 aromatic carbocycles. The smallest absolute Gasteiger partial charge is 0.867 e. The Morgan fingerprint density at radius 3 is 2.17 bits per heavy atom. The van der Waals surface area contributed by atoms with Crippen molar-refractivity contribution in [3.05, 3.63) is 64.8 Å². The van der Waals surface area contributed by atoms with Gasteiger partial charge in [0.05, 0.1) is 0 Å². The van der Waals surface area contributed by atoms with Crippen LogP contribution in [0.25, 0.3) is 44.1 Å². The zero-order chi connectivity index (χ0) is 19.6. The summed E-state index contributed by atoms with van der Waals surface area (Å²) in [5.41, 5.74) is -0.236. The molecule has 0 saturated heterocycles. The van der Waals surface area contributed by atoms with Crippen LogP contribution in [0.4, 0.5) is 0 Å². The SMILES string of the molecule is O=c1c([O-])c2oc3c(cc(S(=O)(=O)O)c4ccccc43)nc-2c2ccccc12.[Na+]. The number of hydrogen-bond acceptors (Lipinski definition) is 6. The molecule has 5 rings (SSSR count). The zero-order valence-electron chi connectivity index (χ0n) is 15.0. The number of benzene rings is 4. The van der Waals surface area contributed by atoms with E-state index >= 15 is 0 Å². The van der Waals surface area contributed by atoms with Gasteiger partial charge >= 0.3 is 29.6 Å². The van der Waals surface area contributed by atoms with Gasteiger partial charge in [-0.1, -0.05) is 48.5 Å². The van der Waals surface area contributed by atoms with Crippen molar-refractivity contribution < 1.29 is 52.1 Å². The van der Waals surface area contributed by atoms with Crippen LogP contribution < -0.4 is 40.1 Å². The van der Waals surface area contributed by atoms with Gasteiger partial charge in [-0.25, -0.2) is 4.98 Å². The molecule has 29 heavy (non-hydrogen) atoms. The van der Waals surface area contributed by atoms with Gasteiger partial charge < -0.3 is 9.52 Å². The van der Waals surface area contributed by atoms with E-state index in [1.807, 2.05) is 0 Å². The molecule has 0 radical (unpaired) electrons. The van der Waals surface area contributed by atoms with Gasteiger partial charge in [0.15, 0.2) is 11.0 Å². The second kappa shape index (κ2) is 6.79. The third-order valence-electron chi connectivity index (χ3n) is 4.71. The Labute approximate surface area is 186 Å². The van der Waals surface area contributed by atoms with Gasteiger partial charge in [-0.2, -0.15) is 8.42 Å². The number of fused-ring (bicyclic) bond motifs is 6. The Morgan fingerprint density at radius 1 is 0.931 bits per heavy atom. The molecule has 1 aliphatic heterocycles. The first-order chi connectivity index (χ1) is 13.4. The molecule has 0 spiro atoms.